The van der Waals surface area contributed by atoms with Crippen LogP contribution in [0.15, 0.2) is 30.5 Å². The highest BCUT2D eigenvalue weighted by atomic mass is 35.5. The second kappa shape index (κ2) is 5.68. The Kier molecular flexibility index (Phi) is 3.97. The molecule has 20 heavy (non-hydrogen) atoms. The molecular weight excluding hydrogens is 283 g/mol. The van der Waals surface area contributed by atoms with Crippen LogP contribution in [0.5, 0.6) is 11.5 Å². The normalized spacial score (nSPS) is 9.90. The van der Waals surface area contributed by atoms with E-state index in [0.29, 0.717) is 0 Å². The van der Waals surface area contributed by atoms with Gasteiger partial charge in [-0.15, -0.1) is 0 Å². The Bertz CT molecular complexity index is 726. The number of nitrogens with zero attached hydrogens (tertiary/aromatic N) is 2. The fourth-order valence-corrected chi connectivity index (χ4v) is 1.72. The number of benzene rings is 1. The highest BCUT2D eigenvalue weighted by Crippen LogP contribution is 2.30. The summed E-state index contributed by atoms with van der Waals surface area (Å²) in [6.07, 6.45) is 1.35. The lowest BCUT2D eigenvalue weighted by atomic mass is 10.1. The minimum Gasteiger partial charge on any atom is -0.453 e. The molecule has 4 nitrogen and oxygen atoms in total. The molecule has 2 aromatic rings. The molecular formula is C14H8ClFN2O2. The number of aromatic nitrogens is 1. The van der Waals surface area contributed by atoms with E-state index < -0.39 is 5.82 Å². The van der Waals surface area contributed by atoms with E-state index in [1.54, 1.807) is 0 Å². The summed E-state index contributed by atoms with van der Waals surface area (Å²) in [6.45, 7) is 1.34. The number of hydrogen-bond acceptors (Lipinski definition) is 4. The van der Waals surface area contributed by atoms with Gasteiger partial charge in [-0.3, -0.25) is 4.79 Å². The van der Waals surface area contributed by atoms with Gasteiger partial charge in [0.1, 0.15) is 17.4 Å². The van der Waals surface area contributed by atoms with E-state index >= 15 is 0 Å². The zero-order valence-electron chi connectivity index (χ0n) is 10.4. The Morgan fingerprint density at radius 2 is 2.15 bits per heavy atom. The van der Waals surface area contributed by atoms with Crippen molar-refractivity contribution in [1.82, 2.24) is 4.98 Å². The van der Waals surface area contributed by atoms with Gasteiger partial charge in [0.05, 0.1) is 0 Å². The Morgan fingerprint density at radius 1 is 1.40 bits per heavy atom. The van der Waals surface area contributed by atoms with Crippen LogP contribution < -0.4 is 4.74 Å². The van der Waals surface area contributed by atoms with E-state index in [0.717, 1.165) is 6.07 Å². The molecule has 0 bridgehead atoms. The van der Waals surface area contributed by atoms with E-state index in [9.17, 15) is 9.18 Å². The second-order valence-electron chi connectivity index (χ2n) is 3.89. The fraction of sp³-hybridized carbons (Fsp3) is 0.0714. The Morgan fingerprint density at radius 3 is 2.75 bits per heavy atom. The highest BCUT2D eigenvalue weighted by Gasteiger charge is 2.13. The highest BCUT2D eigenvalue weighted by molar-refractivity contribution is 6.30. The van der Waals surface area contributed by atoms with Crippen molar-refractivity contribution in [1.29, 1.82) is 5.26 Å². The number of ether oxygens (including phenoxy) is 1. The fourth-order valence-electron chi connectivity index (χ4n) is 1.53. The molecule has 0 atom stereocenters. The van der Waals surface area contributed by atoms with Crippen LogP contribution in [0.1, 0.15) is 22.8 Å². The van der Waals surface area contributed by atoms with Gasteiger partial charge >= 0.3 is 0 Å². The Labute approximate surface area is 119 Å². The lowest BCUT2D eigenvalue weighted by Gasteiger charge is -2.09. The first-order chi connectivity index (χ1) is 9.52. The standard InChI is InChI=1S/C14H8ClFN2O2/c1-8(19)9-2-3-13(11(16)6-9)20-12-4-5-18-14(15)10(12)7-17/h2-6H,1H3. The van der Waals surface area contributed by atoms with Gasteiger partial charge in [-0.25, -0.2) is 9.37 Å². The van der Waals surface area contributed by atoms with Gasteiger partial charge in [0.25, 0.3) is 0 Å². The number of rotatable bonds is 3. The molecule has 0 aliphatic carbocycles. The van der Waals surface area contributed by atoms with Gasteiger partial charge in [-0.05, 0) is 25.1 Å². The first-order valence-corrected chi connectivity index (χ1v) is 5.93. The molecule has 0 saturated heterocycles. The number of hydrogen-bond donors (Lipinski definition) is 0. The molecule has 1 aromatic carbocycles. The minimum absolute atomic E-state index is 0.0178. The summed E-state index contributed by atoms with van der Waals surface area (Å²) >= 11 is 5.75. The molecule has 0 spiro atoms. The molecule has 0 unspecified atom stereocenters. The van der Waals surface area contributed by atoms with Crippen molar-refractivity contribution in [3.05, 3.63) is 52.6 Å². The Balaban J connectivity index is 2.39. The quantitative estimate of drug-likeness (QED) is 0.638. The van der Waals surface area contributed by atoms with Gasteiger partial charge < -0.3 is 4.74 Å². The smallest absolute Gasteiger partial charge is 0.166 e. The molecule has 1 aromatic heterocycles. The Hall–Kier alpha value is -2.45. The number of carbonyl (C=O) groups excluding carboxylic acids is 1. The van der Waals surface area contributed by atoms with Crippen molar-refractivity contribution in [2.45, 2.75) is 6.92 Å². The average molecular weight is 291 g/mol. The SMILES string of the molecule is CC(=O)c1ccc(Oc2ccnc(Cl)c2C#N)c(F)c1. The van der Waals surface area contributed by atoms with Crippen LogP contribution in [0.2, 0.25) is 5.15 Å². The number of carbonyl (C=O) groups is 1. The summed E-state index contributed by atoms with van der Waals surface area (Å²) in [7, 11) is 0. The van der Waals surface area contributed by atoms with Crippen molar-refractivity contribution in [3.63, 3.8) is 0 Å². The van der Waals surface area contributed by atoms with E-state index in [1.165, 1.54) is 31.3 Å². The molecule has 0 amide bonds. The molecule has 1 heterocycles. The molecule has 0 radical (unpaired) electrons. The molecule has 0 aliphatic heterocycles. The van der Waals surface area contributed by atoms with Gasteiger partial charge in [0.15, 0.2) is 22.5 Å². The monoisotopic (exact) mass is 290 g/mol. The first-order valence-electron chi connectivity index (χ1n) is 5.56. The van der Waals surface area contributed by atoms with Crippen LogP contribution in [-0.4, -0.2) is 10.8 Å². The average Bonchev–Trinajstić information content (AvgIpc) is 2.41. The van der Waals surface area contributed by atoms with Gasteiger partial charge in [-0.2, -0.15) is 5.26 Å². The van der Waals surface area contributed by atoms with Gasteiger partial charge in [-0.1, -0.05) is 11.6 Å². The van der Waals surface area contributed by atoms with Gasteiger partial charge in [0.2, 0.25) is 0 Å². The number of nitriles is 1. The lowest BCUT2D eigenvalue weighted by Crippen LogP contribution is -1.96. The molecule has 100 valence electrons. The van der Waals surface area contributed by atoms with Crippen LogP contribution in [-0.2, 0) is 0 Å². The largest absolute Gasteiger partial charge is 0.453 e. The maximum atomic E-state index is 13.8. The second-order valence-corrected chi connectivity index (χ2v) is 4.25. The van der Waals surface area contributed by atoms with Crippen LogP contribution in [0.25, 0.3) is 0 Å². The summed E-state index contributed by atoms with van der Waals surface area (Å²) in [5.74, 6) is -0.953. The van der Waals surface area contributed by atoms with Crippen LogP contribution in [0, 0.1) is 17.1 Å². The zero-order valence-corrected chi connectivity index (χ0v) is 11.1. The summed E-state index contributed by atoms with van der Waals surface area (Å²) < 4.78 is 19.1. The van der Waals surface area contributed by atoms with Crippen molar-refractivity contribution >= 4 is 17.4 Å². The molecule has 0 N–H and O–H groups in total. The molecule has 0 fully saturated rings. The number of Topliss-reactive ketones (excluding diaryl/α,β-unsaturated/α-hetero) is 1. The van der Waals surface area contributed by atoms with E-state index in [4.69, 9.17) is 21.6 Å². The zero-order chi connectivity index (χ0) is 14.7. The summed E-state index contributed by atoms with van der Waals surface area (Å²) in [5, 5.41) is 8.95. The maximum Gasteiger partial charge on any atom is 0.166 e. The van der Waals surface area contributed by atoms with Crippen molar-refractivity contribution in [2.24, 2.45) is 0 Å². The topological polar surface area (TPSA) is 63.0 Å². The van der Waals surface area contributed by atoms with Crippen LogP contribution in [0.4, 0.5) is 4.39 Å². The predicted molar refractivity (Wildman–Crippen MR) is 70.4 cm³/mol. The lowest BCUT2D eigenvalue weighted by molar-refractivity contribution is 0.101. The van der Waals surface area contributed by atoms with Crippen LogP contribution >= 0.6 is 11.6 Å². The summed E-state index contributed by atoms with van der Waals surface area (Å²) in [6, 6.07) is 7.08. The number of halogens is 2. The molecule has 0 aliphatic rings. The predicted octanol–water partition coefficient (Wildman–Crippen LogP) is 3.74. The summed E-state index contributed by atoms with van der Waals surface area (Å²) in [5.41, 5.74) is 0.257. The number of pyridine rings is 1. The molecule has 2 rings (SSSR count). The van der Waals surface area contributed by atoms with Crippen molar-refractivity contribution < 1.29 is 13.9 Å². The maximum absolute atomic E-state index is 13.8. The van der Waals surface area contributed by atoms with E-state index in [2.05, 4.69) is 4.98 Å². The third-order valence-electron chi connectivity index (χ3n) is 2.54. The van der Waals surface area contributed by atoms with Gasteiger partial charge in [0, 0.05) is 17.8 Å². The van der Waals surface area contributed by atoms with E-state index in [-0.39, 0.29) is 33.6 Å². The molecule has 0 saturated carbocycles. The molecule has 6 heteroatoms. The third kappa shape index (κ3) is 2.76. The first kappa shape index (κ1) is 14.0. The van der Waals surface area contributed by atoms with Crippen molar-refractivity contribution in [3.8, 4) is 17.6 Å². The number of ketones is 1. The minimum atomic E-state index is -0.700. The summed E-state index contributed by atoms with van der Waals surface area (Å²) in [4.78, 5) is 14.9. The van der Waals surface area contributed by atoms with E-state index in [1.807, 2.05) is 6.07 Å². The third-order valence-corrected chi connectivity index (χ3v) is 2.82. The van der Waals surface area contributed by atoms with Crippen LogP contribution in [0.3, 0.4) is 0 Å². The van der Waals surface area contributed by atoms with Crippen molar-refractivity contribution in [2.75, 3.05) is 0 Å².